The van der Waals surface area contributed by atoms with Gasteiger partial charge in [0.15, 0.2) is 0 Å². The highest BCUT2D eigenvalue weighted by Crippen LogP contribution is 2.15. The van der Waals surface area contributed by atoms with Crippen molar-refractivity contribution >= 4 is 11.9 Å². The van der Waals surface area contributed by atoms with E-state index in [4.69, 9.17) is 21.1 Å². The fourth-order valence-corrected chi connectivity index (χ4v) is 0.752. The molecule has 0 aromatic heterocycles. The molecule has 8 nitrogen and oxygen atoms in total. The molecule has 1 rings (SSSR count). The first-order valence-electron chi connectivity index (χ1n) is 3.37. The minimum Gasteiger partial charge on any atom is -0.408 e. The molecule has 0 spiro atoms. The van der Waals surface area contributed by atoms with Crippen LogP contribution in [0, 0.1) is 0 Å². The van der Waals surface area contributed by atoms with Crippen LogP contribution in [-0.2, 0) is 19.1 Å². The molecule has 1 aliphatic rings. The quantitative estimate of drug-likeness (QED) is 0.260. The molecule has 5 N–H and O–H groups in total. The largest absolute Gasteiger partial charge is 0.408 e. The lowest BCUT2D eigenvalue weighted by Gasteiger charge is -2.15. The van der Waals surface area contributed by atoms with Gasteiger partial charge in [0.05, 0.1) is 0 Å². The average molecular weight is 205 g/mol. The van der Waals surface area contributed by atoms with Gasteiger partial charge >= 0.3 is 24.3 Å². The summed E-state index contributed by atoms with van der Waals surface area (Å²) in [4.78, 5) is 21.7. The highest BCUT2D eigenvalue weighted by Gasteiger charge is 2.37. The van der Waals surface area contributed by atoms with Gasteiger partial charge < -0.3 is 24.8 Å². The predicted molar refractivity (Wildman–Crippen MR) is 37.6 cm³/mol. The summed E-state index contributed by atoms with van der Waals surface area (Å²) in [5.41, 5.74) is 3.88. The fourth-order valence-electron chi connectivity index (χ4n) is 0.752. The number of ether oxygens (including phenoxy) is 2. The second kappa shape index (κ2) is 3.35. The predicted octanol–water partition coefficient (Wildman–Crippen LogP) is -3.11. The number of cyclic esters (lactones) is 2. The number of carbonyl (C=O) groups excluding carboxylic acids is 2. The molecule has 0 aliphatic carbocycles. The first-order valence-corrected chi connectivity index (χ1v) is 3.37. The van der Waals surface area contributed by atoms with Crippen molar-refractivity contribution in [1.82, 2.24) is 0 Å². The third-order valence-electron chi connectivity index (χ3n) is 1.30. The maximum absolute atomic E-state index is 10.9. The van der Waals surface area contributed by atoms with Crippen LogP contribution in [0.15, 0.2) is 11.6 Å². The molecule has 8 heteroatoms. The maximum atomic E-state index is 10.9. The molecule has 1 aliphatic heterocycles. The Balaban J connectivity index is 3.03. The number of rotatable bonds is 1. The van der Waals surface area contributed by atoms with E-state index in [1.54, 1.807) is 0 Å². The SMILES string of the molecule is NC1OC(=O)C=C(C(O)(O)O)C(=O)O1. The number of nitrogens with two attached hydrogens (primary N) is 1. The Hall–Kier alpha value is -1.48. The van der Waals surface area contributed by atoms with E-state index in [1.807, 2.05) is 0 Å². The molecule has 0 bridgehead atoms. The van der Waals surface area contributed by atoms with Crippen LogP contribution in [0.25, 0.3) is 0 Å². The van der Waals surface area contributed by atoms with E-state index in [0.29, 0.717) is 6.08 Å². The highest BCUT2D eigenvalue weighted by molar-refractivity contribution is 5.98. The van der Waals surface area contributed by atoms with Crippen molar-refractivity contribution in [2.24, 2.45) is 5.73 Å². The molecule has 0 fully saturated rings. The molecule has 0 saturated heterocycles. The molecule has 0 radical (unpaired) electrons. The van der Waals surface area contributed by atoms with Gasteiger partial charge in [-0.1, -0.05) is 0 Å². The summed E-state index contributed by atoms with van der Waals surface area (Å²) in [5, 5.41) is 25.9. The van der Waals surface area contributed by atoms with E-state index < -0.39 is 29.9 Å². The summed E-state index contributed by atoms with van der Waals surface area (Å²) in [5.74, 6) is -5.98. The molecular formula is C6H7NO7. The van der Waals surface area contributed by atoms with Crippen LogP contribution < -0.4 is 5.73 Å². The molecular weight excluding hydrogens is 198 g/mol. The number of hydrogen-bond acceptors (Lipinski definition) is 8. The summed E-state index contributed by atoms with van der Waals surface area (Å²) < 4.78 is 8.36. The van der Waals surface area contributed by atoms with Gasteiger partial charge in [-0.2, -0.15) is 0 Å². The molecule has 1 heterocycles. The van der Waals surface area contributed by atoms with E-state index in [2.05, 4.69) is 9.47 Å². The monoisotopic (exact) mass is 205 g/mol. The van der Waals surface area contributed by atoms with E-state index >= 15 is 0 Å². The van der Waals surface area contributed by atoms with Crippen molar-refractivity contribution in [2.45, 2.75) is 12.4 Å². The summed E-state index contributed by atoms with van der Waals surface area (Å²) in [7, 11) is 0. The normalized spacial score (nSPS) is 23.4. The zero-order valence-electron chi connectivity index (χ0n) is 6.71. The summed E-state index contributed by atoms with van der Waals surface area (Å²) in [6.45, 7) is 0. The topological polar surface area (TPSA) is 139 Å². The maximum Gasteiger partial charge on any atom is 0.346 e. The Morgan fingerprint density at radius 1 is 1.29 bits per heavy atom. The molecule has 0 aromatic carbocycles. The Morgan fingerprint density at radius 3 is 2.36 bits per heavy atom. The second-order valence-electron chi connectivity index (χ2n) is 2.40. The summed E-state index contributed by atoms with van der Waals surface area (Å²) in [6.07, 6.45) is -1.28. The van der Waals surface area contributed by atoms with E-state index in [-0.39, 0.29) is 0 Å². The third kappa shape index (κ3) is 2.26. The van der Waals surface area contributed by atoms with E-state index in [0.717, 1.165) is 0 Å². The van der Waals surface area contributed by atoms with Crippen molar-refractivity contribution in [1.29, 1.82) is 0 Å². The van der Waals surface area contributed by atoms with Crippen molar-refractivity contribution in [3.63, 3.8) is 0 Å². The Bertz CT molecular complexity index is 302. The highest BCUT2D eigenvalue weighted by atomic mass is 16.7. The average Bonchev–Trinajstić information content (AvgIpc) is 2.07. The molecule has 0 aromatic rings. The first-order chi connectivity index (χ1) is 6.30. The number of aliphatic hydroxyl groups is 3. The fraction of sp³-hybridized carbons (Fsp3) is 0.333. The zero-order chi connectivity index (χ0) is 10.9. The van der Waals surface area contributed by atoms with Gasteiger partial charge in [0.2, 0.25) is 0 Å². The molecule has 1 atom stereocenters. The van der Waals surface area contributed by atoms with Crippen LogP contribution in [-0.4, -0.2) is 39.6 Å². The summed E-state index contributed by atoms with van der Waals surface area (Å²) >= 11 is 0. The Labute approximate surface area is 77.1 Å². The van der Waals surface area contributed by atoms with Crippen molar-refractivity contribution < 1.29 is 34.4 Å². The number of esters is 2. The van der Waals surface area contributed by atoms with Crippen molar-refractivity contribution in [3.8, 4) is 0 Å². The lowest BCUT2D eigenvalue weighted by molar-refractivity contribution is -0.282. The van der Waals surface area contributed by atoms with Crippen LogP contribution in [0.1, 0.15) is 0 Å². The summed E-state index contributed by atoms with van der Waals surface area (Å²) in [6, 6.07) is 0. The zero-order valence-corrected chi connectivity index (χ0v) is 6.71. The standard InChI is InChI=1S/C6H7NO7/c7-5-13-3(8)1-2(4(9)14-5)6(10,11)12/h1,5,10-12H,7H2. The van der Waals surface area contributed by atoms with Crippen LogP contribution in [0.2, 0.25) is 0 Å². The Morgan fingerprint density at radius 2 is 1.86 bits per heavy atom. The van der Waals surface area contributed by atoms with Crippen molar-refractivity contribution in [3.05, 3.63) is 11.6 Å². The van der Waals surface area contributed by atoms with Gasteiger partial charge in [-0.3, -0.25) is 5.73 Å². The minimum absolute atomic E-state index is 0.370. The van der Waals surface area contributed by atoms with Gasteiger partial charge in [-0.05, 0) is 0 Å². The van der Waals surface area contributed by atoms with Gasteiger partial charge in [-0.15, -0.1) is 0 Å². The third-order valence-corrected chi connectivity index (χ3v) is 1.30. The molecule has 1 unspecified atom stereocenters. The molecule has 14 heavy (non-hydrogen) atoms. The van der Waals surface area contributed by atoms with Gasteiger partial charge in [-0.25, -0.2) is 9.59 Å². The van der Waals surface area contributed by atoms with Gasteiger partial charge in [0, 0.05) is 6.08 Å². The lowest BCUT2D eigenvalue weighted by atomic mass is 10.2. The second-order valence-corrected chi connectivity index (χ2v) is 2.40. The van der Waals surface area contributed by atoms with Gasteiger partial charge in [0.25, 0.3) is 0 Å². The lowest BCUT2D eigenvalue weighted by Crippen LogP contribution is -2.36. The van der Waals surface area contributed by atoms with Gasteiger partial charge in [0.1, 0.15) is 5.57 Å². The smallest absolute Gasteiger partial charge is 0.346 e. The van der Waals surface area contributed by atoms with Crippen LogP contribution in [0.4, 0.5) is 0 Å². The number of hydrogen-bond donors (Lipinski definition) is 4. The van der Waals surface area contributed by atoms with Crippen LogP contribution in [0.5, 0.6) is 0 Å². The number of carbonyl (C=O) groups is 2. The Kier molecular flexibility index (Phi) is 2.53. The van der Waals surface area contributed by atoms with Crippen molar-refractivity contribution in [2.75, 3.05) is 0 Å². The molecule has 0 saturated carbocycles. The van der Waals surface area contributed by atoms with Crippen LogP contribution in [0.3, 0.4) is 0 Å². The van der Waals surface area contributed by atoms with E-state index in [9.17, 15) is 9.59 Å². The molecule has 0 amide bonds. The minimum atomic E-state index is -3.47. The van der Waals surface area contributed by atoms with E-state index in [1.165, 1.54) is 0 Å². The van der Waals surface area contributed by atoms with Crippen LogP contribution >= 0.6 is 0 Å². The molecule has 78 valence electrons. The first kappa shape index (κ1) is 10.6.